The van der Waals surface area contributed by atoms with Crippen molar-refractivity contribution >= 4 is 22.6 Å². The average molecular weight is 476 g/mol. The van der Waals surface area contributed by atoms with E-state index in [9.17, 15) is 9.59 Å². The minimum absolute atomic E-state index is 0.0676. The van der Waals surface area contributed by atoms with Crippen LogP contribution in [0.2, 0.25) is 0 Å². The molecule has 0 spiro atoms. The van der Waals surface area contributed by atoms with Gasteiger partial charge in [-0.1, -0.05) is 49.2 Å². The van der Waals surface area contributed by atoms with Crippen molar-refractivity contribution in [1.82, 2.24) is 25.5 Å². The highest BCUT2D eigenvalue weighted by atomic mass is 16.2. The number of hydrogen-bond donors (Lipinski definition) is 3. The number of rotatable bonds is 11. The number of aromatic amines is 1. The Kier molecular flexibility index (Phi) is 8.53. The number of carbonyl (C=O) groups is 2. The zero-order chi connectivity index (χ0) is 24.6. The standard InChI is InChI=1S/C28H37N5O2/c1-29-26(34)11-5-3-4-10-23(17-31-28(35)24-14-15-33(2)19-24)27-30-18-25(32-27)22-13-12-20-8-6-7-9-21(20)16-22/h6-9,12-13,16,18,23-24H,3-5,10-11,14-15,17,19H2,1-2H3,(H,29,34)(H,30,32)(H,31,35). The molecule has 2 amide bonds. The van der Waals surface area contributed by atoms with Gasteiger partial charge in [-0.25, -0.2) is 4.98 Å². The zero-order valence-electron chi connectivity index (χ0n) is 20.8. The van der Waals surface area contributed by atoms with Gasteiger partial charge in [-0.05, 0) is 49.7 Å². The van der Waals surface area contributed by atoms with Crippen molar-refractivity contribution in [1.29, 1.82) is 0 Å². The monoisotopic (exact) mass is 475 g/mol. The molecule has 1 aromatic heterocycles. The highest BCUT2D eigenvalue weighted by Gasteiger charge is 2.27. The molecule has 7 nitrogen and oxygen atoms in total. The second-order valence-corrected chi connectivity index (χ2v) is 9.71. The number of imidazole rings is 1. The molecule has 2 unspecified atom stereocenters. The number of carbonyl (C=O) groups excluding carboxylic acids is 2. The maximum absolute atomic E-state index is 12.7. The molecule has 3 N–H and O–H groups in total. The quantitative estimate of drug-likeness (QED) is 0.365. The summed E-state index contributed by atoms with van der Waals surface area (Å²) < 4.78 is 0. The molecule has 1 aliphatic heterocycles. The maximum atomic E-state index is 12.7. The fraction of sp³-hybridized carbons (Fsp3) is 0.464. The molecule has 1 saturated heterocycles. The Bertz CT molecular complexity index is 1140. The second-order valence-electron chi connectivity index (χ2n) is 9.71. The summed E-state index contributed by atoms with van der Waals surface area (Å²) >= 11 is 0. The van der Waals surface area contributed by atoms with Crippen LogP contribution < -0.4 is 10.6 Å². The third-order valence-corrected chi connectivity index (χ3v) is 7.06. The molecular formula is C28H37N5O2. The van der Waals surface area contributed by atoms with Gasteiger partial charge in [0.15, 0.2) is 0 Å². The summed E-state index contributed by atoms with van der Waals surface area (Å²) in [5, 5.41) is 8.28. The molecule has 0 saturated carbocycles. The fourth-order valence-electron chi connectivity index (χ4n) is 4.88. The van der Waals surface area contributed by atoms with E-state index in [-0.39, 0.29) is 23.7 Å². The number of likely N-dealkylation sites (tertiary alicyclic amines) is 1. The Morgan fingerprint density at radius 1 is 1.14 bits per heavy atom. The van der Waals surface area contributed by atoms with Crippen molar-refractivity contribution in [2.75, 3.05) is 33.7 Å². The highest BCUT2D eigenvalue weighted by Crippen LogP contribution is 2.27. The van der Waals surface area contributed by atoms with E-state index < -0.39 is 0 Å². The molecule has 35 heavy (non-hydrogen) atoms. The Morgan fingerprint density at radius 3 is 2.74 bits per heavy atom. The van der Waals surface area contributed by atoms with Gasteiger partial charge in [0, 0.05) is 38.0 Å². The van der Waals surface area contributed by atoms with Gasteiger partial charge in [0.2, 0.25) is 11.8 Å². The van der Waals surface area contributed by atoms with Crippen LogP contribution in [0.3, 0.4) is 0 Å². The largest absolute Gasteiger partial charge is 0.359 e. The summed E-state index contributed by atoms with van der Waals surface area (Å²) in [5.41, 5.74) is 2.09. The van der Waals surface area contributed by atoms with Crippen molar-refractivity contribution in [2.45, 2.75) is 44.4 Å². The van der Waals surface area contributed by atoms with Crippen LogP contribution in [0.15, 0.2) is 48.7 Å². The fourth-order valence-corrected chi connectivity index (χ4v) is 4.88. The van der Waals surface area contributed by atoms with E-state index in [0.29, 0.717) is 13.0 Å². The van der Waals surface area contributed by atoms with Gasteiger partial charge in [-0.2, -0.15) is 0 Å². The molecule has 0 radical (unpaired) electrons. The molecule has 2 aromatic carbocycles. The van der Waals surface area contributed by atoms with E-state index in [2.05, 4.69) is 64.0 Å². The molecule has 0 aliphatic carbocycles. The summed E-state index contributed by atoms with van der Waals surface area (Å²) in [4.78, 5) is 34.7. The topological polar surface area (TPSA) is 90.1 Å². The van der Waals surface area contributed by atoms with Gasteiger partial charge in [0.25, 0.3) is 0 Å². The number of benzene rings is 2. The smallest absolute Gasteiger partial charge is 0.224 e. The SMILES string of the molecule is CNC(=O)CCCCCC(CNC(=O)C1CCN(C)C1)c1ncc(-c2ccc3ccccc3c2)[nH]1. The predicted molar refractivity (Wildman–Crippen MR) is 140 cm³/mol. The number of nitrogens with zero attached hydrogens (tertiary/aromatic N) is 2. The minimum atomic E-state index is 0.0676. The normalized spacial score (nSPS) is 16.9. The summed E-state index contributed by atoms with van der Waals surface area (Å²) in [6.45, 7) is 2.36. The van der Waals surface area contributed by atoms with Gasteiger partial charge in [0.1, 0.15) is 5.82 Å². The van der Waals surface area contributed by atoms with Crippen molar-refractivity contribution in [2.24, 2.45) is 5.92 Å². The van der Waals surface area contributed by atoms with Gasteiger partial charge < -0.3 is 20.5 Å². The summed E-state index contributed by atoms with van der Waals surface area (Å²) in [6.07, 6.45) is 7.10. The van der Waals surface area contributed by atoms with Crippen LogP contribution in [0.25, 0.3) is 22.0 Å². The summed E-state index contributed by atoms with van der Waals surface area (Å²) in [7, 11) is 3.74. The first-order valence-electron chi connectivity index (χ1n) is 12.7. The first-order chi connectivity index (χ1) is 17.0. The van der Waals surface area contributed by atoms with E-state index in [0.717, 1.165) is 62.3 Å². The Balaban J connectivity index is 1.42. The highest BCUT2D eigenvalue weighted by molar-refractivity contribution is 5.86. The van der Waals surface area contributed by atoms with Crippen molar-refractivity contribution in [3.63, 3.8) is 0 Å². The molecule has 0 bridgehead atoms. The number of hydrogen-bond acceptors (Lipinski definition) is 4. The number of amides is 2. The molecule has 1 fully saturated rings. The van der Waals surface area contributed by atoms with E-state index in [1.807, 2.05) is 12.3 Å². The lowest BCUT2D eigenvalue weighted by Crippen LogP contribution is -2.35. The van der Waals surface area contributed by atoms with Crippen LogP contribution in [0.4, 0.5) is 0 Å². The number of fused-ring (bicyclic) bond motifs is 1. The number of unbranched alkanes of at least 4 members (excludes halogenated alkanes) is 2. The second kappa shape index (κ2) is 12.0. The Labute approximate surface area is 207 Å². The minimum Gasteiger partial charge on any atom is -0.359 e. The Hall–Kier alpha value is -3.19. The van der Waals surface area contributed by atoms with Crippen molar-refractivity contribution in [3.8, 4) is 11.3 Å². The van der Waals surface area contributed by atoms with E-state index in [1.165, 1.54) is 10.8 Å². The Morgan fingerprint density at radius 2 is 1.97 bits per heavy atom. The zero-order valence-corrected chi connectivity index (χ0v) is 20.8. The predicted octanol–water partition coefficient (Wildman–Crippen LogP) is 4.08. The lowest BCUT2D eigenvalue weighted by Gasteiger charge is -2.18. The molecular weight excluding hydrogens is 438 g/mol. The van der Waals surface area contributed by atoms with Crippen LogP contribution >= 0.6 is 0 Å². The number of nitrogens with one attached hydrogen (secondary N) is 3. The van der Waals surface area contributed by atoms with E-state index in [4.69, 9.17) is 4.98 Å². The van der Waals surface area contributed by atoms with Gasteiger partial charge in [0.05, 0.1) is 17.8 Å². The molecule has 2 heterocycles. The lowest BCUT2D eigenvalue weighted by atomic mass is 9.99. The van der Waals surface area contributed by atoms with Crippen LogP contribution in [-0.4, -0.2) is 60.4 Å². The molecule has 4 rings (SSSR count). The van der Waals surface area contributed by atoms with E-state index >= 15 is 0 Å². The molecule has 7 heteroatoms. The third-order valence-electron chi connectivity index (χ3n) is 7.06. The molecule has 3 aromatic rings. The first-order valence-corrected chi connectivity index (χ1v) is 12.7. The molecule has 186 valence electrons. The number of H-pyrrole nitrogens is 1. The average Bonchev–Trinajstić information content (AvgIpc) is 3.54. The third kappa shape index (κ3) is 6.69. The van der Waals surface area contributed by atoms with Crippen LogP contribution in [0.5, 0.6) is 0 Å². The molecule has 1 aliphatic rings. The summed E-state index contributed by atoms with van der Waals surface area (Å²) in [6, 6.07) is 14.8. The number of aromatic nitrogens is 2. The van der Waals surface area contributed by atoms with E-state index in [1.54, 1.807) is 7.05 Å². The van der Waals surface area contributed by atoms with Crippen molar-refractivity contribution < 1.29 is 9.59 Å². The van der Waals surface area contributed by atoms with Gasteiger partial charge in [-0.15, -0.1) is 0 Å². The summed E-state index contributed by atoms with van der Waals surface area (Å²) in [5.74, 6) is 1.30. The molecule has 2 atom stereocenters. The first kappa shape index (κ1) is 24.9. The van der Waals surface area contributed by atoms with Crippen LogP contribution in [0, 0.1) is 5.92 Å². The van der Waals surface area contributed by atoms with Gasteiger partial charge >= 0.3 is 0 Å². The van der Waals surface area contributed by atoms with Crippen LogP contribution in [0.1, 0.15) is 50.3 Å². The maximum Gasteiger partial charge on any atom is 0.224 e. The van der Waals surface area contributed by atoms with Crippen LogP contribution in [-0.2, 0) is 9.59 Å². The lowest BCUT2D eigenvalue weighted by molar-refractivity contribution is -0.124. The van der Waals surface area contributed by atoms with Crippen molar-refractivity contribution in [3.05, 3.63) is 54.5 Å². The van der Waals surface area contributed by atoms with Gasteiger partial charge in [-0.3, -0.25) is 9.59 Å².